The molecule has 27 heavy (non-hydrogen) atoms. The molecule has 0 aliphatic heterocycles. The Morgan fingerprint density at radius 2 is 1.37 bits per heavy atom. The molecule has 5 heteroatoms. The van der Waals surface area contributed by atoms with Crippen molar-refractivity contribution in [2.24, 2.45) is 0 Å². The maximum Gasteiger partial charge on any atom is 0.573 e. The summed E-state index contributed by atoms with van der Waals surface area (Å²) in [5.74, 6) is -0.194. The van der Waals surface area contributed by atoms with Crippen molar-refractivity contribution in [3.05, 3.63) is 90.0 Å². The van der Waals surface area contributed by atoms with E-state index >= 15 is 0 Å². The van der Waals surface area contributed by atoms with Crippen LogP contribution in [0.15, 0.2) is 78.9 Å². The summed E-state index contributed by atoms with van der Waals surface area (Å²) in [5, 5.41) is 0. The average molecular weight is 371 g/mol. The fourth-order valence-corrected chi connectivity index (χ4v) is 2.95. The molecule has 0 heterocycles. The molecule has 0 aliphatic carbocycles. The first-order valence-corrected chi connectivity index (χ1v) is 8.57. The van der Waals surface area contributed by atoms with Gasteiger partial charge in [0.2, 0.25) is 0 Å². The Kier molecular flexibility index (Phi) is 5.81. The monoisotopic (exact) mass is 371 g/mol. The molecule has 140 valence electrons. The minimum atomic E-state index is -4.68. The Balaban J connectivity index is 1.61. The summed E-state index contributed by atoms with van der Waals surface area (Å²) in [6.07, 6.45) is -4.68. The van der Waals surface area contributed by atoms with Gasteiger partial charge in [0.1, 0.15) is 5.75 Å². The van der Waals surface area contributed by atoms with Gasteiger partial charge in [-0.2, -0.15) is 0 Å². The van der Waals surface area contributed by atoms with E-state index in [0.717, 1.165) is 16.7 Å². The van der Waals surface area contributed by atoms with Crippen molar-refractivity contribution in [2.75, 3.05) is 7.05 Å². The Hall–Kier alpha value is -2.79. The van der Waals surface area contributed by atoms with Crippen molar-refractivity contribution >= 4 is 0 Å². The van der Waals surface area contributed by atoms with Crippen LogP contribution in [0.2, 0.25) is 0 Å². The quantitative estimate of drug-likeness (QED) is 0.536. The van der Waals surface area contributed by atoms with Gasteiger partial charge in [-0.3, -0.25) is 4.90 Å². The number of alkyl halides is 3. The molecule has 0 spiro atoms. The van der Waals surface area contributed by atoms with E-state index in [1.807, 2.05) is 30.1 Å². The highest BCUT2D eigenvalue weighted by Gasteiger charge is 2.31. The maximum absolute atomic E-state index is 12.3. The molecule has 0 atom stereocenters. The molecule has 0 aromatic heterocycles. The molecule has 0 unspecified atom stereocenters. The summed E-state index contributed by atoms with van der Waals surface area (Å²) >= 11 is 0. The van der Waals surface area contributed by atoms with Crippen LogP contribution in [0.5, 0.6) is 5.75 Å². The normalized spacial score (nSPS) is 11.6. The first kappa shape index (κ1) is 19.0. The van der Waals surface area contributed by atoms with E-state index in [0.29, 0.717) is 13.1 Å². The highest BCUT2D eigenvalue weighted by Crippen LogP contribution is 2.24. The van der Waals surface area contributed by atoms with Gasteiger partial charge in [0.25, 0.3) is 0 Å². The second-order valence-corrected chi connectivity index (χ2v) is 6.43. The third kappa shape index (κ3) is 5.86. The SMILES string of the molecule is CN(Cc1ccc(-c2ccccc2)cc1)Cc1cccc(OC(F)(F)F)c1. The summed E-state index contributed by atoms with van der Waals surface area (Å²) in [5.41, 5.74) is 4.22. The smallest absolute Gasteiger partial charge is 0.406 e. The second-order valence-electron chi connectivity index (χ2n) is 6.43. The molecule has 3 aromatic rings. The predicted molar refractivity (Wildman–Crippen MR) is 100 cm³/mol. The van der Waals surface area contributed by atoms with Gasteiger partial charge in [-0.1, -0.05) is 66.7 Å². The van der Waals surface area contributed by atoms with E-state index in [4.69, 9.17) is 0 Å². The zero-order valence-corrected chi connectivity index (χ0v) is 14.9. The standard InChI is InChI=1S/C22H20F3NO/c1-26(16-18-6-5-9-21(14-18)27-22(23,24)25)15-17-10-12-20(13-11-17)19-7-3-2-4-8-19/h2-14H,15-16H2,1H3. The van der Waals surface area contributed by atoms with Gasteiger partial charge < -0.3 is 4.74 Å². The first-order chi connectivity index (χ1) is 12.9. The van der Waals surface area contributed by atoms with Crippen LogP contribution >= 0.6 is 0 Å². The predicted octanol–water partition coefficient (Wildman–Crippen LogP) is 5.88. The number of halogens is 3. The van der Waals surface area contributed by atoms with Crippen LogP contribution < -0.4 is 4.74 Å². The van der Waals surface area contributed by atoms with Gasteiger partial charge in [-0.15, -0.1) is 13.2 Å². The molecule has 3 aromatic carbocycles. The fraction of sp³-hybridized carbons (Fsp3) is 0.182. The first-order valence-electron chi connectivity index (χ1n) is 8.57. The highest BCUT2D eigenvalue weighted by molar-refractivity contribution is 5.63. The van der Waals surface area contributed by atoms with Crippen LogP contribution in [0.3, 0.4) is 0 Å². The number of hydrogen-bond donors (Lipinski definition) is 0. The van der Waals surface area contributed by atoms with E-state index in [1.54, 1.807) is 12.1 Å². The zero-order valence-electron chi connectivity index (χ0n) is 14.9. The van der Waals surface area contributed by atoms with E-state index in [2.05, 4.69) is 41.1 Å². The molecule has 0 saturated heterocycles. The Morgan fingerprint density at radius 1 is 0.741 bits per heavy atom. The molecule has 0 aliphatic rings. The highest BCUT2D eigenvalue weighted by atomic mass is 19.4. The van der Waals surface area contributed by atoms with Crippen LogP contribution in [-0.4, -0.2) is 18.3 Å². The third-order valence-corrected chi connectivity index (χ3v) is 4.10. The minimum Gasteiger partial charge on any atom is -0.406 e. The van der Waals surface area contributed by atoms with Crippen LogP contribution in [-0.2, 0) is 13.1 Å². The van der Waals surface area contributed by atoms with Crippen LogP contribution in [0, 0.1) is 0 Å². The molecule has 0 bridgehead atoms. The van der Waals surface area contributed by atoms with Crippen molar-refractivity contribution in [1.82, 2.24) is 4.90 Å². The van der Waals surface area contributed by atoms with Gasteiger partial charge >= 0.3 is 6.36 Å². The van der Waals surface area contributed by atoms with Gasteiger partial charge in [0, 0.05) is 13.1 Å². The lowest BCUT2D eigenvalue weighted by Crippen LogP contribution is -2.19. The van der Waals surface area contributed by atoms with Crippen molar-refractivity contribution in [2.45, 2.75) is 19.5 Å². The molecule has 0 radical (unpaired) electrons. The second kappa shape index (κ2) is 8.27. The van der Waals surface area contributed by atoms with E-state index in [-0.39, 0.29) is 5.75 Å². The Labute approximate surface area is 156 Å². The maximum atomic E-state index is 12.3. The van der Waals surface area contributed by atoms with Gasteiger partial charge in [0.05, 0.1) is 0 Å². The number of rotatable bonds is 6. The van der Waals surface area contributed by atoms with Gasteiger partial charge in [0.15, 0.2) is 0 Å². The molecular formula is C22H20F3NO. The molecule has 0 amide bonds. The molecule has 3 rings (SSSR count). The van der Waals surface area contributed by atoms with Crippen molar-refractivity contribution in [1.29, 1.82) is 0 Å². The minimum absolute atomic E-state index is 0.194. The molecule has 0 saturated carbocycles. The average Bonchev–Trinajstić information content (AvgIpc) is 2.62. The summed E-state index contributed by atoms with van der Waals surface area (Å²) in [6, 6.07) is 24.5. The fourth-order valence-electron chi connectivity index (χ4n) is 2.95. The molecule has 0 N–H and O–H groups in total. The van der Waals surface area contributed by atoms with Crippen LogP contribution in [0.25, 0.3) is 11.1 Å². The summed E-state index contributed by atoms with van der Waals surface area (Å²) in [7, 11) is 1.93. The lowest BCUT2D eigenvalue weighted by molar-refractivity contribution is -0.274. The molecule has 0 fully saturated rings. The van der Waals surface area contributed by atoms with Crippen molar-refractivity contribution in [3.63, 3.8) is 0 Å². The summed E-state index contributed by atoms with van der Waals surface area (Å²) in [4.78, 5) is 2.05. The lowest BCUT2D eigenvalue weighted by atomic mass is 10.0. The van der Waals surface area contributed by atoms with Crippen molar-refractivity contribution in [3.8, 4) is 16.9 Å². The van der Waals surface area contributed by atoms with E-state index in [1.165, 1.54) is 17.7 Å². The topological polar surface area (TPSA) is 12.5 Å². The number of hydrogen-bond acceptors (Lipinski definition) is 2. The number of benzene rings is 3. The largest absolute Gasteiger partial charge is 0.573 e. The number of nitrogens with zero attached hydrogens (tertiary/aromatic N) is 1. The summed E-state index contributed by atoms with van der Waals surface area (Å²) < 4.78 is 41.0. The Morgan fingerprint density at radius 3 is 2.04 bits per heavy atom. The van der Waals surface area contributed by atoms with Crippen LogP contribution in [0.1, 0.15) is 11.1 Å². The van der Waals surface area contributed by atoms with Gasteiger partial charge in [-0.05, 0) is 41.4 Å². The molecule has 2 nitrogen and oxygen atoms in total. The van der Waals surface area contributed by atoms with E-state index < -0.39 is 6.36 Å². The zero-order chi connectivity index (χ0) is 19.3. The van der Waals surface area contributed by atoms with Crippen LogP contribution in [0.4, 0.5) is 13.2 Å². The molecular weight excluding hydrogens is 351 g/mol. The van der Waals surface area contributed by atoms with Gasteiger partial charge in [-0.25, -0.2) is 0 Å². The Bertz CT molecular complexity index is 861. The number of ether oxygens (including phenoxy) is 1. The van der Waals surface area contributed by atoms with E-state index in [9.17, 15) is 13.2 Å². The summed E-state index contributed by atoms with van der Waals surface area (Å²) in [6.45, 7) is 1.22. The van der Waals surface area contributed by atoms with Crippen molar-refractivity contribution < 1.29 is 17.9 Å². The lowest BCUT2D eigenvalue weighted by Gasteiger charge is -2.18. The third-order valence-electron chi connectivity index (χ3n) is 4.10.